The monoisotopic (exact) mass is 364 g/mol. The van der Waals surface area contributed by atoms with Crippen LogP contribution in [0.1, 0.15) is 16.3 Å². The Bertz CT molecular complexity index is 1120. The number of aryl methyl sites for hydroxylation is 1. The normalized spacial score (nSPS) is 10.7. The number of aromatic nitrogens is 5. The molecule has 0 radical (unpaired) electrons. The fourth-order valence-corrected chi connectivity index (χ4v) is 2.49. The Hall–Kier alpha value is -3.88. The lowest BCUT2D eigenvalue weighted by molar-refractivity contribution is 0.102. The summed E-state index contributed by atoms with van der Waals surface area (Å²) in [6, 6.07) is 9.15. The number of rotatable bonds is 4. The molecule has 9 heteroatoms. The molecule has 0 saturated carbocycles. The number of hydrogen-bond donors (Lipinski definition) is 1. The van der Waals surface area contributed by atoms with Crippen molar-refractivity contribution in [1.29, 1.82) is 0 Å². The molecule has 0 aliphatic rings. The molecule has 0 spiro atoms. The third-order valence-electron chi connectivity index (χ3n) is 3.69. The fraction of sp³-hybridized carbons (Fsp3) is 0.0556. The maximum Gasteiger partial charge on any atom is 0.275 e. The van der Waals surface area contributed by atoms with Gasteiger partial charge in [-0.3, -0.25) is 9.36 Å². The minimum atomic E-state index is -0.467. The minimum absolute atomic E-state index is 0.151. The number of imidazole rings is 1. The molecule has 0 atom stereocenters. The summed E-state index contributed by atoms with van der Waals surface area (Å²) < 4.78 is 20.0. The average Bonchev–Trinajstić information content (AvgIpc) is 3.31. The zero-order valence-corrected chi connectivity index (χ0v) is 14.1. The number of halogens is 1. The largest absolute Gasteiger partial charge is 0.334 e. The van der Waals surface area contributed by atoms with Crippen LogP contribution >= 0.6 is 0 Å². The molecular weight excluding hydrogens is 351 g/mol. The second-order valence-corrected chi connectivity index (χ2v) is 5.65. The molecule has 4 aromatic rings. The molecule has 4 rings (SSSR count). The van der Waals surface area contributed by atoms with Gasteiger partial charge < -0.3 is 9.84 Å². The van der Waals surface area contributed by atoms with Crippen molar-refractivity contribution >= 4 is 11.6 Å². The highest BCUT2D eigenvalue weighted by Gasteiger charge is 2.16. The van der Waals surface area contributed by atoms with Gasteiger partial charge in [0.05, 0.1) is 5.56 Å². The molecule has 0 fully saturated rings. The number of amides is 1. The molecule has 27 heavy (non-hydrogen) atoms. The molecule has 0 unspecified atom stereocenters. The van der Waals surface area contributed by atoms with Crippen LogP contribution in [0.3, 0.4) is 0 Å². The van der Waals surface area contributed by atoms with E-state index in [0.29, 0.717) is 28.8 Å². The number of pyridine rings is 1. The summed E-state index contributed by atoms with van der Waals surface area (Å²) in [6.07, 6.45) is 4.58. The smallest absolute Gasteiger partial charge is 0.275 e. The zero-order valence-electron chi connectivity index (χ0n) is 14.1. The average molecular weight is 364 g/mol. The Labute approximate surface area is 152 Å². The minimum Gasteiger partial charge on any atom is -0.334 e. The lowest BCUT2D eigenvalue weighted by Crippen LogP contribution is -2.12. The predicted molar refractivity (Wildman–Crippen MR) is 93.7 cm³/mol. The van der Waals surface area contributed by atoms with Gasteiger partial charge in [-0.15, -0.1) is 0 Å². The topological polar surface area (TPSA) is 98.7 Å². The maximum atomic E-state index is 13.3. The second-order valence-electron chi connectivity index (χ2n) is 5.65. The molecule has 134 valence electrons. The highest BCUT2D eigenvalue weighted by atomic mass is 19.1. The van der Waals surface area contributed by atoms with Gasteiger partial charge in [0.2, 0.25) is 0 Å². The summed E-state index contributed by atoms with van der Waals surface area (Å²) in [5.74, 6) is 0.394. The highest BCUT2D eigenvalue weighted by molar-refractivity contribution is 6.02. The van der Waals surface area contributed by atoms with Crippen molar-refractivity contribution < 1.29 is 13.7 Å². The molecule has 0 aliphatic carbocycles. The number of hydrogen-bond acceptors (Lipinski definition) is 6. The summed E-state index contributed by atoms with van der Waals surface area (Å²) in [7, 11) is 0. The zero-order chi connectivity index (χ0) is 18.8. The quantitative estimate of drug-likeness (QED) is 0.598. The van der Waals surface area contributed by atoms with Crippen LogP contribution in [0.15, 0.2) is 59.6 Å². The van der Waals surface area contributed by atoms with E-state index in [0.717, 1.165) is 0 Å². The summed E-state index contributed by atoms with van der Waals surface area (Å²) in [6.45, 7) is 1.72. The fourth-order valence-electron chi connectivity index (χ4n) is 2.49. The van der Waals surface area contributed by atoms with Gasteiger partial charge in [0.15, 0.2) is 11.6 Å². The Morgan fingerprint density at radius 2 is 2.11 bits per heavy atom. The van der Waals surface area contributed by atoms with E-state index in [1.54, 1.807) is 35.9 Å². The summed E-state index contributed by atoms with van der Waals surface area (Å²) in [5, 5.41) is 6.38. The van der Waals surface area contributed by atoms with Crippen LogP contribution in [0, 0.1) is 12.7 Å². The van der Waals surface area contributed by atoms with Gasteiger partial charge >= 0.3 is 0 Å². The van der Waals surface area contributed by atoms with E-state index in [4.69, 9.17) is 4.52 Å². The molecule has 8 nitrogen and oxygen atoms in total. The van der Waals surface area contributed by atoms with E-state index in [2.05, 4.69) is 25.4 Å². The number of carbonyl (C=O) groups is 1. The Morgan fingerprint density at radius 3 is 2.89 bits per heavy atom. The van der Waals surface area contributed by atoms with E-state index >= 15 is 0 Å². The molecule has 3 aromatic heterocycles. The van der Waals surface area contributed by atoms with E-state index in [1.807, 2.05) is 0 Å². The number of benzene rings is 1. The standard InChI is InChI=1S/C18H13FN6O2/c1-11-22-18(27-24-11)14-6-3-7-20-16(14)25-9-15(21-10-25)17(26)23-13-5-2-4-12(19)8-13/h2-10H,1H3,(H,23,26). The molecule has 1 N–H and O–H groups in total. The Balaban J connectivity index is 1.63. The molecule has 3 heterocycles. The lowest BCUT2D eigenvalue weighted by atomic mass is 10.2. The summed E-state index contributed by atoms with van der Waals surface area (Å²) in [4.78, 5) is 25.0. The van der Waals surface area contributed by atoms with Gasteiger partial charge in [-0.1, -0.05) is 11.2 Å². The van der Waals surface area contributed by atoms with Crippen molar-refractivity contribution in [2.24, 2.45) is 0 Å². The third-order valence-corrected chi connectivity index (χ3v) is 3.69. The van der Waals surface area contributed by atoms with Crippen molar-refractivity contribution in [2.75, 3.05) is 5.32 Å². The van der Waals surface area contributed by atoms with Crippen LogP contribution in [0.4, 0.5) is 10.1 Å². The van der Waals surface area contributed by atoms with Crippen LogP contribution < -0.4 is 5.32 Å². The molecule has 1 amide bonds. The van der Waals surface area contributed by atoms with Gasteiger partial charge in [-0.05, 0) is 37.3 Å². The SMILES string of the molecule is Cc1noc(-c2cccnc2-n2cnc(C(=O)Nc3cccc(F)c3)c2)n1. The second kappa shape index (κ2) is 6.79. The number of nitrogens with zero attached hydrogens (tertiary/aromatic N) is 5. The summed E-state index contributed by atoms with van der Waals surface area (Å²) in [5.41, 5.74) is 1.10. The van der Waals surface area contributed by atoms with E-state index < -0.39 is 11.7 Å². The molecule has 0 aliphatic heterocycles. The molecule has 1 aromatic carbocycles. The van der Waals surface area contributed by atoms with Crippen molar-refractivity contribution in [3.05, 3.63) is 72.5 Å². The highest BCUT2D eigenvalue weighted by Crippen LogP contribution is 2.23. The van der Waals surface area contributed by atoms with Crippen LogP contribution in [0.2, 0.25) is 0 Å². The van der Waals surface area contributed by atoms with Gasteiger partial charge in [-0.25, -0.2) is 14.4 Å². The van der Waals surface area contributed by atoms with E-state index in [-0.39, 0.29) is 5.69 Å². The Kier molecular flexibility index (Phi) is 4.17. The van der Waals surface area contributed by atoms with Crippen molar-refractivity contribution in [3.8, 4) is 17.3 Å². The van der Waals surface area contributed by atoms with Gasteiger partial charge in [0.1, 0.15) is 17.8 Å². The van der Waals surface area contributed by atoms with Crippen LogP contribution in [0.5, 0.6) is 0 Å². The Morgan fingerprint density at radius 1 is 1.22 bits per heavy atom. The first-order valence-electron chi connectivity index (χ1n) is 7.97. The van der Waals surface area contributed by atoms with Crippen molar-refractivity contribution in [2.45, 2.75) is 6.92 Å². The lowest BCUT2D eigenvalue weighted by Gasteiger charge is -2.05. The van der Waals surface area contributed by atoms with Crippen LogP contribution in [-0.4, -0.2) is 30.6 Å². The van der Waals surface area contributed by atoms with Crippen LogP contribution in [0.25, 0.3) is 17.3 Å². The van der Waals surface area contributed by atoms with Gasteiger partial charge in [0.25, 0.3) is 11.8 Å². The van der Waals surface area contributed by atoms with Gasteiger partial charge in [0, 0.05) is 18.1 Å². The first-order chi connectivity index (χ1) is 13.1. The van der Waals surface area contributed by atoms with E-state index in [9.17, 15) is 9.18 Å². The van der Waals surface area contributed by atoms with Crippen LogP contribution in [-0.2, 0) is 0 Å². The van der Waals surface area contributed by atoms with Gasteiger partial charge in [-0.2, -0.15) is 4.98 Å². The molecule has 0 saturated heterocycles. The van der Waals surface area contributed by atoms with Crippen molar-refractivity contribution in [1.82, 2.24) is 24.7 Å². The third kappa shape index (κ3) is 3.43. The molecular formula is C18H13FN6O2. The first-order valence-corrected chi connectivity index (χ1v) is 7.97. The number of anilines is 1. The maximum absolute atomic E-state index is 13.3. The predicted octanol–water partition coefficient (Wildman–Crippen LogP) is 3.02. The van der Waals surface area contributed by atoms with Crippen molar-refractivity contribution in [3.63, 3.8) is 0 Å². The number of nitrogens with one attached hydrogen (secondary N) is 1. The number of carbonyl (C=O) groups excluding carboxylic acids is 1. The summed E-state index contributed by atoms with van der Waals surface area (Å²) >= 11 is 0. The van der Waals surface area contributed by atoms with E-state index in [1.165, 1.54) is 30.7 Å². The first kappa shape index (κ1) is 16.6. The molecule has 0 bridgehead atoms.